The van der Waals surface area contributed by atoms with Crippen LogP contribution < -0.4 is 0 Å². The van der Waals surface area contributed by atoms with Gasteiger partial charge in [-0.2, -0.15) is 70.2 Å². The molecule has 17 heteroatoms. The first-order valence-electron chi connectivity index (χ1n) is 9.44. The average molecular weight is 564 g/mol. The summed E-state index contributed by atoms with van der Waals surface area (Å²) in [6.45, 7) is 3.28. The van der Waals surface area contributed by atoms with E-state index in [4.69, 9.17) is 0 Å². The maximum atomic E-state index is 14.1. The Bertz CT molecular complexity index is 898. The Morgan fingerprint density at radius 1 is 0.583 bits per heavy atom. The van der Waals surface area contributed by atoms with Crippen LogP contribution in [0.3, 0.4) is 0 Å². The number of rotatable bonds is 9. The number of alkyl halides is 16. The molecule has 0 aromatic heterocycles. The van der Waals surface area contributed by atoms with Gasteiger partial charge < -0.3 is 5.11 Å². The van der Waals surface area contributed by atoms with E-state index in [1.807, 2.05) is 0 Å². The Morgan fingerprint density at radius 3 is 1.31 bits per heavy atom. The molecule has 0 spiro atoms. The fourth-order valence-electron chi connectivity index (χ4n) is 2.99. The first-order chi connectivity index (χ1) is 15.6. The molecule has 1 unspecified atom stereocenters. The summed E-state index contributed by atoms with van der Waals surface area (Å²) >= 11 is 0. The lowest BCUT2D eigenvalue weighted by Gasteiger charge is -2.42. The lowest BCUT2D eigenvalue weighted by Crippen LogP contribution is -2.70. The minimum atomic E-state index is -8.27. The standard InChI is InChI=1S/C19H16F16O/c1-9(2)7-10-3-5-11(6-4-10)12(36,18(30,31)32)8-13(20,21)14(22,23)15(24,25)16(26,27)17(28,29)19(33,34)35/h3-6,9,36H,7-8H2,1-2H3. The monoisotopic (exact) mass is 564 g/mol. The molecule has 0 saturated heterocycles. The normalized spacial score (nSPS) is 16.9. The molecule has 1 nitrogen and oxygen atoms in total. The molecule has 0 bridgehead atoms. The molecule has 1 atom stereocenters. The summed E-state index contributed by atoms with van der Waals surface area (Å²) in [4.78, 5) is 0. The van der Waals surface area contributed by atoms with Gasteiger partial charge in [-0.05, 0) is 23.5 Å². The van der Waals surface area contributed by atoms with Crippen molar-refractivity contribution < 1.29 is 75.4 Å². The van der Waals surface area contributed by atoms with Gasteiger partial charge in [-0.3, -0.25) is 0 Å². The molecular formula is C19H16F16O. The van der Waals surface area contributed by atoms with E-state index in [1.165, 1.54) is 0 Å². The first-order valence-corrected chi connectivity index (χ1v) is 9.44. The summed E-state index contributed by atoms with van der Waals surface area (Å²) in [5, 5.41) is 9.85. The van der Waals surface area contributed by atoms with Crippen LogP contribution in [-0.4, -0.2) is 47.1 Å². The molecule has 210 valence electrons. The van der Waals surface area contributed by atoms with Gasteiger partial charge in [0.25, 0.3) is 0 Å². The minimum absolute atomic E-state index is 0.112. The molecule has 0 aliphatic rings. The van der Waals surface area contributed by atoms with Gasteiger partial charge in [-0.25, -0.2) is 0 Å². The van der Waals surface area contributed by atoms with Crippen molar-refractivity contribution in [1.82, 2.24) is 0 Å². The van der Waals surface area contributed by atoms with E-state index >= 15 is 0 Å². The Labute approximate surface area is 192 Å². The smallest absolute Gasteiger partial charge is 0.376 e. The van der Waals surface area contributed by atoms with Crippen LogP contribution in [0.5, 0.6) is 0 Å². The largest absolute Gasteiger partial charge is 0.460 e. The molecule has 0 heterocycles. The number of benzene rings is 1. The summed E-state index contributed by atoms with van der Waals surface area (Å²) in [5.74, 6) is -39.7. The van der Waals surface area contributed by atoms with E-state index in [-0.39, 0.29) is 30.0 Å². The Balaban J connectivity index is 3.62. The van der Waals surface area contributed by atoms with Crippen molar-refractivity contribution in [2.75, 3.05) is 0 Å². The van der Waals surface area contributed by atoms with Crippen molar-refractivity contribution in [2.45, 2.75) is 74.3 Å². The molecule has 1 aromatic carbocycles. The van der Waals surface area contributed by atoms with Gasteiger partial charge in [0, 0.05) is 0 Å². The van der Waals surface area contributed by atoms with Crippen LogP contribution in [0, 0.1) is 5.92 Å². The number of hydrogen-bond acceptors (Lipinski definition) is 1. The third-order valence-corrected chi connectivity index (χ3v) is 5.02. The molecule has 1 rings (SSSR count). The van der Waals surface area contributed by atoms with Crippen LogP contribution in [0.2, 0.25) is 0 Å². The van der Waals surface area contributed by atoms with E-state index in [9.17, 15) is 75.4 Å². The number of halogens is 16. The number of hydrogen-bond donors (Lipinski definition) is 1. The van der Waals surface area contributed by atoms with E-state index in [0.717, 1.165) is 12.1 Å². The zero-order valence-corrected chi connectivity index (χ0v) is 17.8. The maximum Gasteiger partial charge on any atom is 0.460 e. The Morgan fingerprint density at radius 2 is 0.972 bits per heavy atom. The fraction of sp³-hybridized carbons (Fsp3) is 0.684. The van der Waals surface area contributed by atoms with Gasteiger partial charge in [-0.15, -0.1) is 0 Å². The highest BCUT2D eigenvalue weighted by Crippen LogP contribution is 2.62. The Kier molecular flexibility index (Phi) is 8.12. The molecule has 1 N–H and O–H groups in total. The summed E-state index contributed by atoms with van der Waals surface area (Å²) < 4.78 is 212. The van der Waals surface area contributed by atoms with Gasteiger partial charge in [0.15, 0.2) is 5.60 Å². The third-order valence-electron chi connectivity index (χ3n) is 5.02. The molecule has 0 amide bonds. The van der Waals surface area contributed by atoms with Crippen molar-refractivity contribution in [1.29, 1.82) is 0 Å². The van der Waals surface area contributed by atoms with Crippen LogP contribution in [0.4, 0.5) is 70.2 Å². The predicted molar refractivity (Wildman–Crippen MR) is 90.3 cm³/mol. The van der Waals surface area contributed by atoms with Crippen LogP contribution in [0.25, 0.3) is 0 Å². The number of aliphatic hydroxyl groups is 1. The van der Waals surface area contributed by atoms with Crippen molar-refractivity contribution in [3.63, 3.8) is 0 Å². The molecule has 0 radical (unpaired) electrons. The van der Waals surface area contributed by atoms with E-state index in [0.29, 0.717) is 0 Å². The average Bonchev–Trinajstić information content (AvgIpc) is 2.65. The van der Waals surface area contributed by atoms with E-state index in [1.54, 1.807) is 13.8 Å². The van der Waals surface area contributed by atoms with Gasteiger partial charge >= 0.3 is 42.0 Å². The van der Waals surface area contributed by atoms with Gasteiger partial charge in [0.05, 0.1) is 6.42 Å². The molecule has 36 heavy (non-hydrogen) atoms. The van der Waals surface area contributed by atoms with Crippen molar-refractivity contribution >= 4 is 0 Å². The first kappa shape index (κ1) is 32.1. The van der Waals surface area contributed by atoms with E-state index < -0.39 is 59.6 Å². The second kappa shape index (κ2) is 9.11. The second-order valence-electron chi connectivity index (χ2n) is 8.33. The highest BCUT2D eigenvalue weighted by molar-refractivity contribution is 5.30. The third kappa shape index (κ3) is 5.08. The minimum Gasteiger partial charge on any atom is -0.376 e. The van der Waals surface area contributed by atoms with Gasteiger partial charge in [0.2, 0.25) is 0 Å². The van der Waals surface area contributed by atoms with Crippen molar-refractivity contribution in [3.05, 3.63) is 35.4 Å². The van der Waals surface area contributed by atoms with Crippen molar-refractivity contribution in [3.8, 4) is 0 Å². The van der Waals surface area contributed by atoms with Crippen LogP contribution >= 0.6 is 0 Å². The summed E-state index contributed by atoms with van der Waals surface area (Å²) in [7, 11) is 0. The quantitative estimate of drug-likeness (QED) is 0.304. The topological polar surface area (TPSA) is 20.2 Å². The molecule has 0 aliphatic carbocycles. The van der Waals surface area contributed by atoms with Crippen LogP contribution in [0.1, 0.15) is 31.4 Å². The lowest BCUT2D eigenvalue weighted by atomic mass is 9.82. The lowest BCUT2D eigenvalue weighted by molar-refractivity contribution is -0.443. The fourth-order valence-corrected chi connectivity index (χ4v) is 2.99. The maximum absolute atomic E-state index is 14.1. The van der Waals surface area contributed by atoms with Gasteiger partial charge in [-0.1, -0.05) is 38.1 Å². The van der Waals surface area contributed by atoms with Crippen molar-refractivity contribution in [2.24, 2.45) is 5.92 Å². The van der Waals surface area contributed by atoms with Crippen LogP contribution in [-0.2, 0) is 12.0 Å². The van der Waals surface area contributed by atoms with E-state index in [2.05, 4.69) is 0 Å². The zero-order chi connectivity index (χ0) is 29.0. The highest BCUT2D eigenvalue weighted by Gasteiger charge is 2.91. The zero-order valence-electron chi connectivity index (χ0n) is 17.8. The SMILES string of the molecule is CC(C)Cc1ccc(C(O)(CC(F)(F)C(F)(F)C(F)(F)C(F)(F)C(F)(F)C(F)(F)F)C(F)(F)F)cc1. The molecule has 0 aliphatic heterocycles. The molecule has 1 aromatic rings. The van der Waals surface area contributed by atoms with Gasteiger partial charge in [0.1, 0.15) is 0 Å². The second-order valence-corrected chi connectivity index (χ2v) is 8.33. The summed E-state index contributed by atoms with van der Waals surface area (Å²) in [5.41, 5.74) is -6.58. The molecule has 0 saturated carbocycles. The summed E-state index contributed by atoms with van der Waals surface area (Å²) in [6.07, 6.45) is -17.7. The predicted octanol–water partition coefficient (Wildman–Crippen LogP) is 7.76. The summed E-state index contributed by atoms with van der Waals surface area (Å²) in [6, 6.07) is 2.16. The molecule has 0 fully saturated rings. The van der Waals surface area contributed by atoms with Crippen LogP contribution in [0.15, 0.2) is 24.3 Å². The Hall–Kier alpha value is -1.94. The highest BCUT2D eigenvalue weighted by atomic mass is 19.4. The molecular weight excluding hydrogens is 548 g/mol.